The number of rotatable bonds is 5. The van der Waals surface area contributed by atoms with E-state index in [1.54, 1.807) is 13.1 Å². The zero-order valence-electron chi connectivity index (χ0n) is 6.84. The molecule has 0 aliphatic heterocycles. The molecule has 0 atom stereocenters. The molecule has 3 heteroatoms. The summed E-state index contributed by atoms with van der Waals surface area (Å²) in [5.74, 6) is -0.0819. The maximum Gasteiger partial charge on any atom is 0.246 e. The van der Waals surface area contributed by atoms with Gasteiger partial charge >= 0.3 is 0 Å². The third-order valence-electron chi connectivity index (χ3n) is 1.19. The molecule has 0 aromatic heterocycles. The lowest BCUT2D eigenvalue weighted by Gasteiger charge is -2.14. The summed E-state index contributed by atoms with van der Waals surface area (Å²) < 4.78 is 0. The summed E-state index contributed by atoms with van der Waals surface area (Å²) in [6.45, 7) is 8.14. The molecule has 1 N–H and O–H groups in total. The third kappa shape index (κ3) is 4.33. The predicted octanol–water partition coefficient (Wildman–Crippen LogP) is 0.364. The van der Waals surface area contributed by atoms with Gasteiger partial charge in [0.15, 0.2) is 0 Å². The van der Waals surface area contributed by atoms with Crippen LogP contribution in [0, 0.1) is 0 Å². The summed E-state index contributed by atoms with van der Waals surface area (Å²) in [5.41, 5.74) is 0. The molecule has 0 spiro atoms. The average Bonchev–Trinajstić information content (AvgIpc) is 2.03. The van der Waals surface area contributed by atoms with Crippen LogP contribution in [0.3, 0.4) is 0 Å². The van der Waals surface area contributed by atoms with Gasteiger partial charge in [0, 0.05) is 13.6 Å². The van der Waals surface area contributed by atoms with Gasteiger partial charge in [0.25, 0.3) is 0 Å². The summed E-state index contributed by atoms with van der Waals surface area (Å²) in [4.78, 5) is 12.4. The van der Waals surface area contributed by atoms with Crippen molar-refractivity contribution < 1.29 is 4.79 Å². The molecular formula is C8H14N2O. The lowest BCUT2D eigenvalue weighted by molar-refractivity contribution is -0.125. The zero-order chi connectivity index (χ0) is 8.69. The molecule has 11 heavy (non-hydrogen) atoms. The Morgan fingerprint density at radius 1 is 1.64 bits per heavy atom. The van der Waals surface area contributed by atoms with E-state index in [0.29, 0.717) is 13.2 Å². The molecule has 0 aromatic rings. The van der Waals surface area contributed by atoms with Crippen molar-refractivity contribution in [1.29, 1.82) is 0 Å². The first-order chi connectivity index (χ1) is 5.22. The SMILES string of the molecule is C=CCNCN(C)C(=O)C=C. The topological polar surface area (TPSA) is 32.3 Å². The third-order valence-corrected chi connectivity index (χ3v) is 1.19. The number of amides is 1. The number of nitrogens with zero attached hydrogens (tertiary/aromatic N) is 1. The van der Waals surface area contributed by atoms with Crippen LogP contribution in [0.5, 0.6) is 0 Å². The number of nitrogens with one attached hydrogen (secondary N) is 1. The maximum absolute atomic E-state index is 10.8. The monoisotopic (exact) mass is 154 g/mol. The van der Waals surface area contributed by atoms with E-state index >= 15 is 0 Å². The van der Waals surface area contributed by atoms with Crippen LogP contribution in [-0.2, 0) is 4.79 Å². The Hall–Kier alpha value is -1.09. The van der Waals surface area contributed by atoms with Crippen molar-refractivity contribution in [3.63, 3.8) is 0 Å². The fourth-order valence-electron chi connectivity index (χ4n) is 0.568. The van der Waals surface area contributed by atoms with Crippen LogP contribution in [0.1, 0.15) is 0 Å². The number of carbonyl (C=O) groups is 1. The Labute approximate surface area is 67.4 Å². The fraction of sp³-hybridized carbons (Fsp3) is 0.375. The van der Waals surface area contributed by atoms with Crippen LogP contribution in [0.2, 0.25) is 0 Å². The van der Waals surface area contributed by atoms with Gasteiger partial charge in [-0.2, -0.15) is 0 Å². The highest BCUT2D eigenvalue weighted by Gasteiger charge is 2.00. The Morgan fingerprint density at radius 2 is 2.27 bits per heavy atom. The van der Waals surface area contributed by atoms with Crippen molar-refractivity contribution in [2.75, 3.05) is 20.3 Å². The highest BCUT2D eigenvalue weighted by atomic mass is 16.2. The van der Waals surface area contributed by atoms with E-state index in [4.69, 9.17) is 0 Å². The quantitative estimate of drug-likeness (QED) is 0.268. The number of hydrogen-bond acceptors (Lipinski definition) is 2. The molecular weight excluding hydrogens is 140 g/mol. The summed E-state index contributed by atoms with van der Waals surface area (Å²) in [6.07, 6.45) is 3.03. The maximum atomic E-state index is 10.8. The second-order valence-electron chi connectivity index (χ2n) is 2.14. The summed E-state index contributed by atoms with van der Waals surface area (Å²) in [6, 6.07) is 0. The second-order valence-corrected chi connectivity index (χ2v) is 2.14. The van der Waals surface area contributed by atoms with E-state index in [1.165, 1.54) is 11.0 Å². The Kier molecular flexibility index (Phi) is 5.11. The highest BCUT2D eigenvalue weighted by Crippen LogP contribution is 1.81. The van der Waals surface area contributed by atoms with E-state index in [0.717, 1.165) is 0 Å². The fourth-order valence-corrected chi connectivity index (χ4v) is 0.568. The zero-order valence-corrected chi connectivity index (χ0v) is 6.84. The standard InChI is InChI=1S/C8H14N2O/c1-4-6-9-7-10(3)8(11)5-2/h4-5,9H,1-2,6-7H2,3H3. The Balaban J connectivity index is 3.51. The minimum Gasteiger partial charge on any atom is -0.329 e. The molecule has 1 amide bonds. The molecule has 0 aliphatic carbocycles. The molecule has 0 saturated carbocycles. The molecule has 3 nitrogen and oxygen atoms in total. The molecule has 0 unspecified atom stereocenters. The van der Waals surface area contributed by atoms with Crippen molar-refractivity contribution in [3.8, 4) is 0 Å². The van der Waals surface area contributed by atoms with E-state index in [9.17, 15) is 4.79 Å². The summed E-state index contributed by atoms with van der Waals surface area (Å²) in [5, 5.41) is 2.99. The van der Waals surface area contributed by atoms with Crippen molar-refractivity contribution in [2.45, 2.75) is 0 Å². The first-order valence-corrected chi connectivity index (χ1v) is 3.41. The van der Waals surface area contributed by atoms with Gasteiger partial charge in [0.1, 0.15) is 0 Å². The lowest BCUT2D eigenvalue weighted by atomic mass is 10.5. The van der Waals surface area contributed by atoms with Crippen LogP contribution in [0.25, 0.3) is 0 Å². The molecule has 0 heterocycles. The van der Waals surface area contributed by atoms with Crippen LogP contribution >= 0.6 is 0 Å². The summed E-state index contributed by atoms with van der Waals surface area (Å²) >= 11 is 0. The van der Waals surface area contributed by atoms with Crippen molar-refractivity contribution in [3.05, 3.63) is 25.3 Å². The van der Waals surface area contributed by atoms with Gasteiger partial charge in [0.2, 0.25) is 5.91 Å². The van der Waals surface area contributed by atoms with E-state index in [-0.39, 0.29) is 5.91 Å². The molecule has 0 rings (SSSR count). The highest BCUT2D eigenvalue weighted by molar-refractivity contribution is 5.86. The van der Waals surface area contributed by atoms with Crippen LogP contribution in [0.4, 0.5) is 0 Å². The van der Waals surface area contributed by atoms with Crippen LogP contribution in [-0.4, -0.2) is 31.1 Å². The molecule has 0 aliphatic rings. The molecule has 0 aromatic carbocycles. The summed E-state index contributed by atoms with van der Waals surface area (Å²) in [7, 11) is 1.71. The van der Waals surface area contributed by atoms with Crippen molar-refractivity contribution in [2.24, 2.45) is 0 Å². The number of hydrogen-bond donors (Lipinski definition) is 1. The first kappa shape index (κ1) is 9.91. The number of likely N-dealkylation sites (N-methyl/N-ethyl adjacent to an activating group) is 1. The van der Waals surface area contributed by atoms with Gasteiger partial charge in [-0.1, -0.05) is 12.7 Å². The molecule has 62 valence electrons. The van der Waals surface area contributed by atoms with Gasteiger partial charge in [-0.15, -0.1) is 6.58 Å². The van der Waals surface area contributed by atoms with Gasteiger partial charge in [-0.05, 0) is 6.08 Å². The van der Waals surface area contributed by atoms with Gasteiger partial charge in [-0.25, -0.2) is 0 Å². The van der Waals surface area contributed by atoms with Gasteiger partial charge in [0.05, 0.1) is 6.67 Å². The van der Waals surface area contributed by atoms with Gasteiger partial charge in [-0.3, -0.25) is 10.1 Å². The van der Waals surface area contributed by atoms with Crippen LogP contribution < -0.4 is 5.32 Å². The molecule has 0 radical (unpaired) electrons. The van der Waals surface area contributed by atoms with Crippen molar-refractivity contribution in [1.82, 2.24) is 10.2 Å². The first-order valence-electron chi connectivity index (χ1n) is 3.41. The van der Waals surface area contributed by atoms with Gasteiger partial charge < -0.3 is 4.90 Å². The van der Waals surface area contributed by atoms with E-state index < -0.39 is 0 Å². The molecule has 0 saturated heterocycles. The minimum absolute atomic E-state index is 0.0819. The Morgan fingerprint density at radius 3 is 2.73 bits per heavy atom. The largest absolute Gasteiger partial charge is 0.329 e. The molecule has 0 bridgehead atoms. The average molecular weight is 154 g/mol. The molecule has 0 fully saturated rings. The lowest BCUT2D eigenvalue weighted by Crippen LogP contribution is -2.34. The number of carbonyl (C=O) groups excluding carboxylic acids is 1. The van der Waals surface area contributed by atoms with E-state index in [2.05, 4.69) is 18.5 Å². The minimum atomic E-state index is -0.0819. The van der Waals surface area contributed by atoms with Crippen LogP contribution in [0.15, 0.2) is 25.3 Å². The predicted molar refractivity (Wildman–Crippen MR) is 46.0 cm³/mol. The second kappa shape index (κ2) is 5.68. The normalized spacial score (nSPS) is 8.82. The smallest absolute Gasteiger partial charge is 0.246 e. The van der Waals surface area contributed by atoms with E-state index in [1.807, 2.05) is 0 Å². The van der Waals surface area contributed by atoms with Crippen molar-refractivity contribution >= 4 is 5.91 Å². The Bertz CT molecular complexity index is 154.